The molecule has 0 aromatic heterocycles. The van der Waals surface area contributed by atoms with E-state index >= 15 is 0 Å². The number of hydrogen-bond donors (Lipinski definition) is 1. The highest BCUT2D eigenvalue weighted by molar-refractivity contribution is 7.80. The number of rotatable bonds is 0. The van der Waals surface area contributed by atoms with Gasteiger partial charge in [0.2, 0.25) is 0 Å². The number of aliphatic imine (C=N–C) groups is 2. The summed E-state index contributed by atoms with van der Waals surface area (Å²) >= 11 is 4.04. The van der Waals surface area contributed by atoms with E-state index in [-0.39, 0.29) is 5.50 Å². The van der Waals surface area contributed by atoms with Crippen molar-refractivity contribution < 1.29 is 0 Å². The molecule has 0 aromatic rings. The molecule has 1 heterocycles. The van der Waals surface area contributed by atoms with Crippen LogP contribution >= 0.6 is 12.6 Å². The molecule has 1 aliphatic rings. The monoisotopic (exact) mass is 128 g/mol. The van der Waals surface area contributed by atoms with Gasteiger partial charge in [-0.3, -0.25) is 9.98 Å². The van der Waals surface area contributed by atoms with Crippen molar-refractivity contribution in [2.24, 2.45) is 9.98 Å². The molecular weight excluding hydrogens is 120 g/mol. The highest BCUT2D eigenvalue weighted by atomic mass is 32.1. The van der Waals surface area contributed by atoms with Gasteiger partial charge in [-0.1, -0.05) is 0 Å². The zero-order chi connectivity index (χ0) is 6.15. The lowest BCUT2D eigenvalue weighted by Gasteiger charge is -1.84. The first-order valence-corrected chi connectivity index (χ1v) is 2.99. The molecule has 0 N–H and O–H groups in total. The van der Waals surface area contributed by atoms with Crippen LogP contribution in [0.2, 0.25) is 0 Å². The third kappa shape index (κ3) is 0.916. The summed E-state index contributed by atoms with van der Waals surface area (Å²) in [6, 6.07) is 0. The van der Waals surface area contributed by atoms with Crippen molar-refractivity contribution in [3.63, 3.8) is 0 Å². The second-order valence-electron chi connectivity index (χ2n) is 1.78. The lowest BCUT2D eigenvalue weighted by molar-refractivity contribution is 1.03. The molecule has 0 bridgehead atoms. The van der Waals surface area contributed by atoms with E-state index in [1.54, 1.807) is 0 Å². The van der Waals surface area contributed by atoms with Gasteiger partial charge < -0.3 is 0 Å². The van der Waals surface area contributed by atoms with Crippen molar-refractivity contribution in [3.05, 3.63) is 0 Å². The third-order valence-corrected chi connectivity index (χ3v) is 1.37. The van der Waals surface area contributed by atoms with Gasteiger partial charge in [0.15, 0.2) is 5.50 Å². The van der Waals surface area contributed by atoms with E-state index in [9.17, 15) is 0 Å². The van der Waals surface area contributed by atoms with E-state index < -0.39 is 0 Å². The van der Waals surface area contributed by atoms with E-state index in [2.05, 4.69) is 22.6 Å². The first-order chi connectivity index (χ1) is 3.70. The molecule has 0 amide bonds. The van der Waals surface area contributed by atoms with Crippen LogP contribution < -0.4 is 0 Å². The molecule has 0 unspecified atom stereocenters. The molecule has 0 atom stereocenters. The fourth-order valence-corrected chi connectivity index (χ4v) is 0.909. The van der Waals surface area contributed by atoms with Crippen LogP contribution in [0.3, 0.4) is 0 Å². The highest BCUT2D eigenvalue weighted by Crippen LogP contribution is 2.07. The summed E-state index contributed by atoms with van der Waals surface area (Å²) < 4.78 is 0. The maximum absolute atomic E-state index is 4.05. The zero-order valence-corrected chi connectivity index (χ0v) is 5.81. The third-order valence-electron chi connectivity index (χ3n) is 1.14. The van der Waals surface area contributed by atoms with Crippen molar-refractivity contribution in [2.45, 2.75) is 19.3 Å². The molecule has 0 aliphatic carbocycles. The Labute approximate surface area is 54.1 Å². The van der Waals surface area contributed by atoms with Crippen molar-refractivity contribution in [2.75, 3.05) is 0 Å². The summed E-state index contributed by atoms with van der Waals surface area (Å²) in [6.07, 6.45) is 0. The average Bonchev–Trinajstić information content (AvgIpc) is 1.85. The minimum atomic E-state index is -0.130. The smallest absolute Gasteiger partial charge is 0.184 e. The molecule has 0 fully saturated rings. The lowest BCUT2D eigenvalue weighted by atomic mass is 10.3. The number of thiol groups is 1. The SMILES string of the molecule is CC1=NC(S)N=C1C. The van der Waals surface area contributed by atoms with E-state index in [0.717, 1.165) is 11.4 Å². The molecule has 0 spiro atoms. The predicted molar refractivity (Wildman–Crippen MR) is 39.0 cm³/mol. The van der Waals surface area contributed by atoms with Gasteiger partial charge in [0, 0.05) is 0 Å². The van der Waals surface area contributed by atoms with Crippen LogP contribution in [0.1, 0.15) is 13.8 Å². The van der Waals surface area contributed by atoms with Crippen molar-refractivity contribution >= 4 is 24.1 Å². The Morgan fingerprint density at radius 1 is 1.25 bits per heavy atom. The summed E-state index contributed by atoms with van der Waals surface area (Å²) in [4.78, 5) is 8.09. The molecule has 44 valence electrons. The Morgan fingerprint density at radius 3 is 1.75 bits per heavy atom. The Morgan fingerprint density at radius 2 is 1.62 bits per heavy atom. The van der Waals surface area contributed by atoms with E-state index in [1.165, 1.54) is 0 Å². The first kappa shape index (κ1) is 5.82. The van der Waals surface area contributed by atoms with Crippen LogP contribution in [0.25, 0.3) is 0 Å². The summed E-state index contributed by atoms with van der Waals surface area (Å²) in [7, 11) is 0. The van der Waals surface area contributed by atoms with E-state index in [1.807, 2.05) is 13.8 Å². The maximum atomic E-state index is 4.05. The van der Waals surface area contributed by atoms with Crippen molar-refractivity contribution in [3.8, 4) is 0 Å². The molecule has 8 heavy (non-hydrogen) atoms. The van der Waals surface area contributed by atoms with Gasteiger partial charge in [-0.25, -0.2) is 0 Å². The van der Waals surface area contributed by atoms with Gasteiger partial charge in [-0.15, -0.1) is 12.6 Å². The molecular formula is C5H8N2S. The quantitative estimate of drug-likeness (QED) is 0.473. The Hall–Kier alpha value is -0.310. The average molecular weight is 128 g/mol. The van der Waals surface area contributed by atoms with Crippen LogP contribution in [0.4, 0.5) is 0 Å². The molecule has 1 aliphatic heterocycles. The second kappa shape index (κ2) is 1.90. The summed E-state index contributed by atoms with van der Waals surface area (Å²) in [5, 5.41) is 0. The highest BCUT2D eigenvalue weighted by Gasteiger charge is 2.08. The number of nitrogens with zero attached hydrogens (tertiary/aromatic N) is 2. The minimum absolute atomic E-state index is 0.130. The largest absolute Gasteiger partial charge is 0.251 e. The fraction of sp³-hybridized carbons (Fsp3) is 0.600. The summed E-state index contributed by atoms with van der Waals surface area (Å²) in [5.41, 5.74) is 1.88. The molecule has 3 heteroatoms. The van der Waals surface area contributed by atoms with Crippen LogP contribution in [-0.2, 0) is 0 Å². The van der Waals surface area contributed by atoms with Gasteiger partial charge in [0.1, 0.15) is 0 Å². The first-order valence-electron chi connectivity index (χ1n) is 2.47. The second-order valence-corrected chi connectivity index (χ2v) is 2.24. The molecule has 0 aromatic carbocycles. The number of hydrogen-bond acceptors (Lipinski definition) is 3. The molecule has 0 saturated heterocycles. The standard InChI is InChI=1S/C5H8N2S/c1-3-4(2)7-5(8)6-3/h5,8H,1-2H3. The molecule has 1 rings (SSSR count). The zero-order valence-electron chi connectivity index (χ0n) is 4.92. The maximum Gasteiger partial charge on any atom is 0.184 e. The molecule has 0 radical (unpaired) electrons. The van der Waals surface area contributed by atoms with Gasteiger partial charge >= 0.3 is 0 Å². The Kier molecular flexibility index (Phi) is 1.38. The van der Waals surface area contributed by atoms with E-state index in [0.29, 0.717) is 0 Å². The van der Waals surface area contributed by atoms with Crippen molar-refractivity contribution in [1.82, 2.24) is 0 Å². The lowest BCUT2D eigenvalue weighted by Crippen LogP contribution is -1.98. The summed E-state index contributed by atoms with van der Waals surface area (Å²) in [5.74, 6) is 0. The van der Waals surface area contributed by atoms with Gasteiger partial charge in [-0.2, -0.15) is 0 Å². The van der Waals surface area contributed by atoms with Crippen LogP contribution in [0, 0.1) is 0 Å². The fourth-order valence-electron chi connectivity index (χ4n) is 0.562. The van der Waals surface area contributed by atoms with Crippen LogP contribution in [-0.4, -0.2) is 16.9 Å². The Bertz CT molecular complexity index is 142. The molecule has 2 nitrogen and oxygen atoms in total. The molecule has 0 saturated carbocycles. The van der Waals surface area contributed by atoms with Gasteiger partial charge in [-0.05, 0) is 13.8 Å². The topological polar surface area (TPSA) is 24.7 Å². The summed E-state index contributed by atoms with van der Waals surface area (Å²) in [6.45, 7) is 3.88. The van der Waals surface area contributed by atoms with E-state index in [4.69, 9.17) is 0 Å². The van der Waals surface area contributed by atoms with Crippen LogP contribution in [0.15, 0.2) is 9.98 Å². The minimum Gasteiger partial charge on any atom is -0.251 e. The van der Waals surface area contributed by atoms with Gasteiger partial charge in [0.05, 0.1) is 11.4 Å². The normalized spacial score (nSPS) is 20.9. The van der Waals surface area contributed by atoms with Crippen molar-refractivity contribution in [1.29, 1.82) is 0 Å². The Balaban J connectivity index is 2.82. The van der Waals surface area contributed by atoms with Crippen LogP contribution in [0.5, 0.6) is 0 Å². The van der Waals surface area contributed by atoms with Gasteiger partial charge in [0.25, 0.3) is 0 Å². The predicted octanol–water partition coefficient (Wildman–Crippen LogP) is 1.14.